The van der Waals surface area contributed by atoms with Crippen molar-refractivity contribution in [2.45, 2.75) is 6.92 Å². The van der Waals surface area contributed by atoms with Crippen LogP contribution in [-0.4, -0.2) is 47.7 Å². The van der Waals surface area contributed by atoms with Crippen LogP contribution in [0, 0.1) is 10.1 Å². The van der Waals surface area contributed by atoms with Gasteiger partial charge in [0.05, 0.1) is 17.2 Å². The highest BCUT2D eigenvalue weighted by atomic mass is 32.1. The molecule has 1 heterocycles. The zero-order valence-corrected chi connectivity index (χ0v) is 15.9. The Balaban J connectivity index is 1.60. The number of benzene rings is 2. The number of nitro groups is 1. The Labute approximate surface area is 163 Å². The second kappa shape index (κ2) is 8.68. The van der Waals surface area contributed by atoms with E-state index in [0.29, 0.717) is 17.4 Å². The van der Waals surface area contributed by atoms with Crippen LogP contribution >= 0.6 is 12.2 Å². The third-order valence-electron chi connectivity index (χ3n) is 4.38. The van der Waals surface area contributed by atoms with Crippen LogP contribution in [0.3, 0.4) is 0 Å². The summed E-state index contributed by atoms with van der Waals surface area (Å²) in [5.74, 6) is 0.894. The molecule has 3 rings (SSSR count). The van der Waals surface area contributed by atoms with E-state index in [0.717, 1.165) is 37.6 Å². The van der Waals surface area contributed by atoms with Crippen LogP contribution in [0.4, 0.5) is 17.1 Å². The van der Waals surface area contributed by atoms with Crippen molar-refractivity contribution >= 4 is 34.4 Å². The van der Waals surface area contributed by atoms with Gasteiger partial charge in [-0.2, -0.15) is 0 Å². The number of hydrogen-bond acceptors (Lipinski definition) is 5. The number of nitrogens with zero attached hydrogens (tertiary/aromatic N) is 3. The lowest BCUT2D eigenvalue weighted by Gasteiger charge is -2.37. The molecule has 1 fully saturated rings. The molecule has 142 valence electrons. The van der Waals surface area contributed by atoms with Gasteiger partial charge in [0.2, 0.25) is 0 Å². The largest absolute Gasteiger partial charge is 0.492 e. The standard InChI is InChI=1S/C19H22N4O3S/c1-2-26-18-9-4-3-8-17(18)21-10-12-22(13-11-21)19(27)20-15-6-5-7-16(14-15)23(24)25/h3-9,14H,2,10-13H2,1H3,(H,20,27). The van der Waals surface area contributed by atoms with E-state index >= 15 is 0 Å². The lowest BCUT2D eigenvalue weighted by atomic mass is 10.2. The highest BCUT2D eigenvalue weighted by Crippen LogP contribution is 2.29. The van der Waals surface area contributed by atoms with Gasteiger partial charge in [-0.3, -0.25) is 10.1 Å². The maximum Gasteiger partial charge on any atom is 0.271 e. The van der Waals surface area contributed by atoms with E-state index < -0.39 is 4.92 Å². The molecule has 1 aliphatic rings. The topological polar surface area (TPSA) is 70.9 Å². The van der Waals surface area contributed by atoms with Gasteiger partial charge in [0.25, 0.3) is 5.69 Å². The molecule has 0 amide bonds. The van der Waals surface area contributed by atoms with Gasteiger partial charge in [-0.15, -0.1) is 0 Å². The van der Waals surface area contributed by atoms with Gasteiger partial charge in [-0.05, 0) is 37.3 Å². The van der Waals surface area contributed by atoms with E-state index in [1.54, 1.807) is 12.1 Å². The van der Waals surface area contributed by atoms with Gasteiger partial charge in [-0.1, -0.05) is 18.2 Å². The first-order valence-electron chi connectivity index (χ1n) is 8.85. The number of piperazine rings is 1. The molecule has 1 N–H and O–H groups in total. The number of rotatable bonds is 5. The zero-order valence-electron chi connectivity index (χ0n) is 15.1. The lowest BCUT2D eigenvalue weighted by molar-refractivity contribution is -0.384. The van der Waals surface area contributed by atoms with Crippen molar-refractivity contribution in [2.75, 3.05) is 43.0 Å². The number of thiocarbonyl (C=S) groups is 1. The van der Waals surface area contributed by atoms with Crippen LogP contribution in [0.2, 0.25) is 0 Å². The van der Waals surface area contributed by atoms with Crippen molar-refractivity contribution in [1.29, 1.82) is 0 Å². The Hall–Kier alpha value is -2.87. The molecular weight excluding hydrogens is 364 g/mol. The summed E-state index contributed by atoms with van der Waals surface area (Å²) in [7, 11) is 0. The van der Waals surface area contributed by atoms with Crippen molar-refractivity contribution in [3.63, 3.8) is 0 Å². The maximum atomic E-state index is 10.9. The summed E-state index contributed by atoms with van der Waals surface area (Å²) in [6.45, 7) is 5.78. The van der Waals surface area contributed by atoms with Crippen LogP contribution < -0.4 is 15.0 Å². The molecule has 2 aromatic rings. The molecule has 0 unspecified atom stereocenters. The monoisotopic (exact) mass is 386 g/mol. The molecule has 2 aromatic carbocycles. The van der Waals surface area contributed by atoms with Gasteiger partial charge in [0.15, 0.2) is 5.11 Å². The second-order valence-corrected chi connectivity index (χ2v) is 6.50. The molecule has 0 spiro atoms. The molecule has 0 atom stereocenters. The molecule has 7 nitrogen and oxygen atoms in total. The van der Waals surface area contributed by atoms with E-state index in [2.05, 4.69) is 21.2 Å². The number of nitro benzene ring substituents is 1. The summed E-state index contributed by atoms with van der Waals surface area (Å²) in [5.41, 5.74) is 1.76. The second-order valence-electron chi connectivity index (χ2n) is 6.11. The normalized spacial score (nSPS) is 14.0. The third kappa shape index (κ3) is 4.65. The molecule has 0 bridgehead atoms. The molecular formula is C19H22N4O3S. The minimum atomic E-state index is -0.414. The molecule has 0 aromatic heterocycles. The SMILES string of the molecule is CCOc1ccccc1N1CCN(C(=S)Nc2cccc([N+](=O)[O-])c2)CC1. The number of anilines is 2. The smallest absolute Gasteiger partial charge is 0.271 e. The molecule has 1 saturated heterocycles. The minimum Gasteiger partial charge on any atom is -0.492 e. The van der Waals surface area contributed by atoms with Gasteiger partial charge < -0.3 is 19.9 Å². The summed E-state index contributed by atoms with van der Waals surface area (Å²) in [4.78, 5) is 14.9. The van der Waals surface area contributed by atoms with Crippen molar-refractivity contribution in [2.24, 2.45) is 0 Å². The van der Waals surface area contributed by atoms with Crippen molar-refractivity contribution in [3.8, 4) is 5.75 Å². The highest BCUT2D eigenvalue weighted by Gasteiger charge is 2.21. The summed E-state index contributed by atoms with van der Waals surface area (Å²) >= 11 is 5.49. The summed E-state index contributed by atoms with van der Waals surface area (Å²) < 4.78 is 5.73. The van der Waals surface area contributed by atoms with Crippen molar-refractivity contribution < 1.29 is 9.66 Å². The summed E-state index contributed by atoms with van der Waals surface area (Å²) in [6, 6.07) is 14.4. The number of nitrogens with one attached hydrogen (secondary N) is 1. The minimum absolute atomic E-state index is 0.0418. The van der Waals surface area contributed by atoms with Crippen LogP contribution in [0.5, 0.6) is 5.75 Å². The van der Waals surface area contributed by atoms with Gasteiger partial charge >= 0.3 is 0 Å². The average molecular weight is 386 g/mol. The fourth-order valence-electron chi connectivity index (χ4n) is 3.05. The predicted octanol–water partition coefficient (Wildman–Crippen LogP) is 3.51. The maximum absolute atomic E-state index is 10.9. The highest BCUT2D eigenvalue weighted by molar-refractivity contribution is 7.80. The van der Waals surface area contributed by atoms with Crippen LogP contribution in [0.15, 0.2) is 48.5 Å². The first-order chi connectivity index (χ1) is 13.1. The van der Waals surface area contributed by atoms with Crippen LogP contribution in [0.25, 0.3) is 0 Å². The Morgan fingerprint density at radius 1 is 1.19 bits per heavy atom. The van der Waals surface area contributed by atoms with Crippen LogP contribution in [-0.2, 0) is 0 Å². The molecule has 27 heavy (non-hydrogen) atoms. The van der Waals surface area contributed by atoms with E-state index in [-0.39, 0.29) is 5.69 Å². The Morgan fingerprint density at radius 2 is 1.93 bits per heavy atom. The Bertz CT molecular complexity index is 822. The quantitative estimate of drug-likeness (QED) is 0.479. The van der Waals surface area contributed by atoms with E-state index in [9.17, 15) is 10.1 Å². The fourth-order valence-corrected chi connectivity index (χ4v) is 3.35. The lowest BCUT2D eigenvalue weighted by Crippen LogP contribution is -2.50. The Kier molecular flexibility index (Phi) is 6.08. The third-order valence-corrected chi connectivity index (χ3v) is 4.74. The fraction of sp³-hybridized carbons (Fsp3) is 0.316. The van der Waals surface area contributed by atoms with Crippen molar-refractivity contribution in [3.05, 3.63) is 58.6 Å². The summed E-state index contributed by atoms with van der Waals surface area (Å²) in [5, 5.41) is 14.6. The Morgan fingerprint density at radius 3 is 2.63 bits per heavy atom. The van der Waals surface area contributed by atoms with Gasteiger partial charge in [0.1, 0.15) is 5.75 Å². The van der Waals surface area contributed by atoms with Crippen LogP contribution in [0.1, 0.15) is 6.92 Å². The summed E-state index contributed by atoms with van der Waals surface area (Å²) in [6.07, 6.45) is 0. The average Bonchev–Trinajstić information content (AvgIpc) is 2.69. The number of para-hydroxylation sites is 2. The first kappa shape index (κ1) is 18.9. The van der Waals surface area contributed by atoms with E-state index in [1.807, 2.05) is 25.1 Å². The van der Waals surface area contributed by atoms with Gasteiger partial charge in [0, 0.05) is 44.0 Å². The van der Waals surface area contributed by atoms with Crippen molar-refractivity contribution in [1.82, 2.24) is 4.90 Å². The number of non-ortho nitro benzene ring substituents is 1. The van der Waals surface area contributed by atoms with E-state index in [1.165, 1.54) is 12.1 Å². The van der Waals surface area contributed by atoms with E-state index in [4.69, 9.17) is 17.0 Å². The molecule has 1 aliphatic heterocycles. The zero-order chi connectivity index (χ0) is 19.2. The molecule has 0 radical (unpaired) electrons. The first-order valence-corrected chi connectivity index (χ1v) is 9.26. The molecule has 0 saturated carbocycles. The predicted molar refractivity (Wildman–Crippen MR) is 111 cm³/mol. The number of hydrogen-bond donors (Lipinski definition) is 1. The molecule has 8 heteroatoms. The number of ether oxygens (including phenoxy) is 1. The van der Waals surface area contributed by atoms with Gasteiger partial charge in [-0.25, -0.2) is 0 Å². The molecule has 0 aliphatic carbocycles.